The van der Waals surface area contributed by atoms with Gasteiger partial charge in [-0.25, -0.2) is 4.39 Å². The number of amides is 1. The van der Waals surface area contributed by atoms with Crippen molar-refractivity contribution in [1.29, 1.82) is 5.26 Å². The quantitative estimate of drug-likeness (QED) is 0.827. The van der Waals surface area contributed by atoms with E-state index in [-0.39, 0.29) is 17.8 Å². The van der Waals surface area contributed by atoms with E-state index < -0.39 is 0 Å². The fraction of sp³-hybridized carbons (Fsp3) is 0.467. The molecular weight excluding hydrogens is 257 g/mol. The van der Waals surface area contributed by atoms with E-state index in [1.54, 1.807) is 17.9 Å². The van der Waals surface area contributed by atoms with Gasteiger partial charge in [0.2, 0.25) is 0 Å². The molecule has 1 unspecified atom stereocenters. The molecule has 0 saturated carbocycles. The molecule has 20 heavy (non-hydrogen) atoms. The molecule has 5 heteroatoms. The van der Waals surface area contributed by atoms with Gasteiger partial charge in [-0.15, -0.1) is 0 Å². The van der Waals surface area contributed by atoms with Crippen molar-refractivity contribution in [3.05, 3.63) is 35.1 Å². The molecule has 1 aliphatic rings. The number of benzene rings is 1. The molecule has 2 rings (SSSR count). The highest BCUT2D eigenvalue weighted by Crippen LogP contribution is 2.14. The Hall–Kier alpha value is -1.93. The number of nitrogens with zero attached hydrogens (tertiary/aromatic N) is 3. The number of hydrogen-bond acceptors (Lipinski definition) is 3. The average molecular weight is 275 g/mol. The summed E-state index contributed by atoms with van der Waals surface area (Å²) in [5.74, 6) is -0.369. The van der Waals surface area contributed by atoms with Gasteiger partial charge < -0.3 is 4.90 Å². The Kier molecular flexibility index (Phi) is 4.35. The van der Waals surface area contributed by atoms with Crippen LogP contribution in [0.2, 0.25) is 0 Å². The van der Waals surface area contributed by atoms with Gasteiger partial charge in [0.05, 0.1) is 12.1 Å². The largest absolute Gasteiger partial charge is 0.336 e. The predicted octanol–water partition coefficient (Wildman–Crippen LogP) is 1.80. The molecule has 1 heterocycles. The summed E-state index contributed by atoms with van der Waals surface area (Å²) in [6.45, 7) is 6.10. The topological polar surface area (TPSA) is 47.3 Å². The SMILES string of the molecule is Cc1cc(C(=O)N2CCN(C(C)C#N)CC2)ccc1F. The maximum absolute atomic E-state index is 13.2. The number of carbonyl (C=O) groups excluding carboxylic acids is 1. The molecule has 1 aliphatic heterocycles. The molecule has 0 N–H and O–H groups in total. The van der Waals surface area contributed by atoms with Crippen molar-refractivity contribution in [2.45, 2.75) is 19.9 Å². The van der Waals surface area contributed by atoms with E-state index in [2.05, 4.69) is 11.0 Å². The first-order chi connectivity index (χ1) is 9.52. The van der Waals surface area contributed by atoms with Crippen LogP contribution in [0.25, 0.3) is 0 Å². The van der Waals surface area contributed by atoms with Crippen LogP contribution in [0, 0.1) is 24.1 Å². The molecule has 4 nitrogen and oxygen atoms in total. The average Bonchev–Trinajstić information content (AvgIpc) is 2.48. The first kappa shape index (κ1) is 14.5. The summed E-state index contributed by atoms with van der Waals surface area (Å²) in [6.07, 6.45) is 0. The van der Waals surface area contributed by atoms with Crippen molar-refractivity contribution in [2.75, 3.05) is 26.2 Å². The molecule has 106 valence electrons. The second-order valence-electron chi connectivity index (χ2n) is 5.10. The third kappa shape index (κ3) is 2.97. The zero-order chi connectivity index (χ0) is 14.7. The smallest absolute Gasteiger partial charge is 0.253 e. The summed E-state index contributed by atoms with van der Waals surface area (Å²) in [6, 6.07) is 6.52. The van der Waals surface area contributed by atoms with Crippen LogP contribution in [-0.4, -0.2) is 47.9 Å². The van der Waals surface area contributed by atoms with Gasteiger partial charge in [-0.3, -0.25) is 9.69 Å². The van der Waals surface area contributed by atoms with E-state index in [0.29, 0.717) is 37.3 Å². The van der Waals surface area contributed by atoms with Gasteiger partial charge >= 0.3 is 0 Å². The summed E-state index contributed by atoms with van der Waals surface area (Å²) in [5.41, 5.74) is 0.998. The third-order valence-electron chi connectivity index (χ3n) is 3.74. The fourth-order valence-corrected chi connectivity index (χ4v) is 2.35. The minimum atomic E-state index is -0.297. The predicted molar refractivity (Wildman–Crippen MR) is 73.7 cm³/mol. The van der Waals surface area contributed by atoms with Crippen molar-refractivity contribution in [1.82, 2.24) is 9.80 Å². The van der Waals surface area contributed by atoms with Gasteiger partial charge in [-0.1, -0.05) is 0 Å². The van der Waals surface area contributed by atoms with E-state index in [1.165, 1.54) is 12.1 Å². The third-order valence-corrected chi connectivity index (χ3v) is 3.74. The van der Waals surface area contributed by atoms with Gasteiger partial charge in [-0.2, -0.15) is 5.26 Å². The minimum absolute atomic E-state index is 0.0719. The summed E-state index contributed by atoms with van der Waals surface area (Å²) < 4.78 is 13.2. The molecule has 1 amide bonds. The van der Waals surface area contributed by atoms with Gasteiger partial charge in [0, 0.05) is 31.7 Å². The van der Waals surface area contributed by atoms with Crippen molar-refractivity contribution in [2.24, 2.45) is 0 Å². The summed E-state index contributed by atoms with van der Waals surface area (Å²) in [7, 11) is 0. The van der Waals surface area contributed by atoms with Gasteiger partial charge in [-0.05, 0) is 37.6 Å². The zero-order valence-electron chi connectivity index (χ0n) is 11.8. The second kappa shape index (κ2) is 6.02. The molecule has 0 radical (unpaired) electrons. The van der Waals surface area contributed by atoms with E-state index in [1.807, 2.05) is 6.92 Å². The normalized spacial score (nSPS) is 17.6. The molecular formula is C15H18FN3O. The molecule has 1 aromatic carbocycles. The number of aryl methyl sites for hydroxylation is 1. The Bertz CT molecular complexity index is 545. The molecule has 1 saturated heterocycles. The minimum Gasteiger partial charge on any atom is -0.336 e. The van der Waals surface area contributed by atoms with Crippen LogP contribution in [0.15, 0.2) is 18.2 Å². The second-order valence-corrected chi connectivity index (χ2v) is 5.10. The van der Waals surface area contributed by atoms with Crippen LogP contribution in [0.4, 0.5) is 4.39 Å². The Balaban J connectivity index is 2.01. The highest BCUT2D eigenvalue weighted by molar-refractivity contribution is 5.94. The van der Waals surface area contributed by atoms with Crippen molar-refractivity contribution >= 4 is 5.91 Å². The number of nitriles is 1. The van der Waals surface area contributed by atoms with Gasteiger partial charge in [0.1, 0.15) is 5.82 Å². The van der Waals surface area contributed by atoms with Crippen LogP contribution in [0.3, 0.4) is 0 Å². The van der Waals surface area contributed by atoms with Crippen LogP contribution < -0.4 is 0 Å². The Morgan fingerprint density at radius 3 is 2.55 bits per heavy atom. The van der Waals surface area contributed by atoms with Crippen LogP contribution in [-0.2, 0) is 0 Å². The molecule has 1 atom stereocenters. The monoisotopic (exact) mass is 275 g/mol. The maximum atomic E-state index is 13.2. The molecule has 0 aromatic heterocycles. The highest BCUT2D eigenvalue weighted by Gasteiger charge is 2.24. The molecule has 1 aromatic rings. The van der Waals surface area contributed by atoms with Crippen LogP contribution in [0.1, 0.15) is 22.8 Å². The molecule has 0 aliphatic carbocycles. The fourth-order valence-electron chi connectivity index (χ4n) is 2.35. The van der Waals surface area contributed by atoms with Crippen LogP contribution in [0.5, 0.6) is 0 Å². The molecule has 0 spiro atoms. The summed E-state index contributed by atoms with van der Waals surface area (Å²) in [4.78, 5) is 16.1. The number of halogens is 1. The van der Waals surface area contributed by atoms with Crippen LogP contribution >= 0.6 is 0 Å². The van der Waals surface area contributed by atoms with Gasteiger partial charge in [0.15, 0.2) is 0 Å². The maximum Gasteiger partial charge on any atom is 0.253 e. The Labute approximate surface area is 118 Å². The Morgan fingerprint density at radius 1 is 1.35 bits per heavy atom. The van der Waals surface area contributed by atoms with Crippen molar-refractivity contribution in [3.63, 3.8) is 0 Å². The van der Waals surface area contributed by atoms with E-state index in [9.17, 15) is 9.18 Å². The first-order valence-electron chi connectivity index (χ1n) is 6.72. The lowest BCUT2D eigenvalue weighted by Gasteiger charge is -2.35. The van der Waals surface area contributed by atoms with E-state index >= 15 is 0 Å². The Morgan fingerprint density at radius 2 is 2.00 bits per heavy atom. The van der Waals surface area contributed by atoms with Crippen molar-refractivity contribution < 1.29 is 9.18 Å². The number of hydrogen-bond donors (Lipinski definition) is 0. The van der Waals surface area contributed by atoms with Crippen molar-refractivity contribution in [3.8, 4) is 6.07 Å². The first-order valence-corrected chi connectivity index (χ1v) is 6.72. The number of rotatable bonds is 2. The van der Waals surface area contributed by atoms with E-state index in [4.69, 9.17) is 5.26 Å². The number of carbonyl (C=O) groups is 1. The molecule has 0 bridgehead atoms. The lowest BCUT2D eigenvalue weighted by atomic mass is 10.1. The van der Waals surface area contributed by atoms with E-state index in [0.717, 1.165) is 0 Å². The van der Waals surface area contributed by atoms with Gasteiger partial charge in [0.25, 0.3) is 5.91 Å². The molecule has 1 fully saturated rings. The lowest BCUT2D eigenvalue weighted by Crippen LogP contribution is -2.51. The highest BCUT2D eigenvalue weighted by atomic mass is 19.1. The summed E-state index contributed by atoms with van der Waals surface area (Å²) in [5, 5.41) is 8.89. The summed E-state index contributed by atoms with van der Waals surface area (Å²) >= 11 is 0. The standard InChI is InChI=1S/C15H18FN3O/c1-11-9-13(3-4-14(11)16)15(20)19-7-5-18(6-8-19)12(2)10-17/h3-4,9,12H,5-8H2,1-2H3. The number of piperazine rings is 1. The zero-order valence-corrected chi connectivity index (χ0v) is 11.8. The lowest BCUT2D eigenvalue weighted by molar-refractivity contribution is 0.0615.